The van der Waals surface area contributed by atoms with Gasteiger partial charge in [0.2, 0.25) is 0 Å². The number of hydrogen-bond donors (Lipinski definition) is 3. The van der Waals surface area contributed by atoms with Gasteiger partial charge in [-0.1, -0.05) is 33.6 Å². The number of carboxylic acid groups (broad SMARTS) is 1. The molecule has 0 radical (unpaired) electrons. The molecule has 2 aliphatic rings. The molecule has 0 amide bonds. The molecular weight excluding hydrogens is 346 g/mol. The number of aliphatic carboxylic acids is 1. The summed E-state index contributed by atoms with van der Waals surface area (Å²) in [5, 5.41) is 23.3. The summed E-state index contributed by atoms with van der Waals surface area (Å²) < 4.78 is 5.98. The predicted molar refractivity (Wildman–Crippen MR) is 103 cm³/mol. The van der Waals surface area contributed by atoms with Crippen molar-refractivity contribution >= 4 is 11.9 Å². The average Bonchev–Trinajstić information content (AvgIpc) is 3.10. The summed E-state index contributed by atoms with van der Waals surface area (Å²) in [6.45, 7) is 10.1. The van der Waals surface area contributed by atoms with Crippen molar-refractivity contribution in [3.63, 3.8) is 0 Å². The fraction of sp³-hybridized carbons (Fsp3) is 0.905. The van der Waals surface area contributed by atoms with Gasteiger partial charge in [0.05, 0.1) is 17.4 Å². The zero-order valence-electron chi connectivity index (χ0n) is 17.5. The zero-order chi connectivity index (χ0) is 20.5. The van der Waals surface area contributed by atoms with E-state index in [4.69, 9.17) is 4.74 Å². The molecule has 1 saturated heterocycles. The maximum atomic E-state index is 13.2. The summed E-state index contributed by atoms with van der Waals surface area (Å²) in [7, 11) is 0. The second kappa shape index (κ2) is 8.08. The molecule has 2 bridgehead atoms. The number of esters is 1. The van der Waals surface area contributed by atoms with E-state index >= 15 is 0 Å². The zero-order valence-corrected chi connectivity index (χ0v) is 17.5. The normalized spacial score (nSPS) is 30.7. The Bertz CT molecular complexity index is 559. The van der Waals surface area contributed by atoms with Crippen molar-refractivity contribution in [2.75, 3.05) is 6.54 Å². The van der Waals surface area contributed by atoms with Gasteiger partial charge in [0.15, 0.2) is 0 Å². The summed E-state index contributed by atoms with van der Waals surface area (Å²) in [4.78, 5) is 25.0. The first-order valence-electron chi connectivity index (χ1n) is 10.4. The number of aliphatic hydroxyl groups excluding tert-OH is 1. The molecule has 5 atom stereocenters. The van der Waals surface area contributed by atoms with Crippen LogP contribution in [0.3, 0.4) is 0 Å². The van der Waals surface area contributed by atoms with Crippen molar-refractivity contribution in [2.24, 2.45) is 17.3 Å². The summed E-state index contributed by atoms with van der Waals surface area (Å²) in [6, 6.07) is 0. The quantitative estimate of drug-likeness (QED) is 0.502. The minimum Gasteiger partial charge on any atom is -0.481 e. The largest absolute Gasteiger partial charge is 0.481 e. The lowest BCUT2D eigenvalue weighted by Gasteiger charge is -2.41. The van der Waals surface area contributed by atoms with Gasteiger partial charge in [0.1, 0.15) is 5.60 Å². The third-order valence-electron chi connectivity index (χ3n) is 6.88. The molecule has 2 fully saturated rings. The minimum absolute atomic E-state index is 0.190. The van der Waals surface area contributed by atoms with Crippen molar-refractivity contribution in [3.8, 4) is 0 Å². The maximum absolute atomic E-state index is 13.2. The van der Waals surface area contributed by atoms with E-state index in [1.807, 2.05) is 27.7 Å². The predicted octanol–water partition coefficient (Wildman–Crippen LogP) is 3.12. The fourth-order valence-corrected chi connectivity index (χ4v) is 5.25. The van der Waals surface area contributed by atoms with Gasteiger partial charge in [-0.3, -0.25) is 9.59 Å². The van der Waals surface area contributed by atoms with Crippen molar-refractivity contribution in [2.45, 2.75) is 96.8 Å². The van der Waals surface area contributed by atoms with Crippen LogP contribution < -0.4 is 5.32 Å². The number of nitrogens with one attached hydrogen (secondary N) is 1. The van der Waals surface area contributed by atoms with Crippen LogP contribution in [0.1, 0.15) is 79.6 Å². The first-order chi connectivity index (χ1) is 12.5. The number of ether oxygens (including phenoxy) is 1. The highest BCUT2D eigenvalue weighted by atomic mass is 16.6. The van der Waals surface area contributed by atoms with E-state index in [0.717, 1.165) is 25.8 Å². The van der Waals surface area contributed by atoms with Crippen LogP contribution in [-0.2, 0) is 14.3 Å². The smallest absolute Gasteiger partial charge is 0.313 e. The van der Waals surface area contributed by atoms with Gasteiger partial charge in [0.25, 0.3) is 0 Å². The van der Waals surface area contributed by atoms with Crippen LogP contribution in [0.2, 0.25) is 0 Å². The van der Waals surface area contributed by atoms with E-state index in [1.54, 1.807) is 6.92 Å². The molecule has 5 unspecified atom stereocenters. The molecule has 6 heteroatoms. The number of fused-ring (bicyclic) bond motifs is 2. The van der Waals surface area contributed by atoms with Gasteiger partial charge in [-0.15, -0.1) is 0 Å². The maximum Gasteiger partial charge on any atom is 0.313 e. The summed E-state index contributed by atoms with van der Waals surface area (Å²) in [5.41, 5.74) is -1.92. The molecular formula is C21H37NO5. The average molecular weight is 384 g/mol. The molecule has 2 rings (SSSR count). The third-order valence-corrected chi connectivity index (χ3v) is 6.88. The van der Waals surface area contributed by atoms with Gasteiger partial charge in [0, 0.05) is 18.5 Å². The molecule has 0 aromatic carbocycles. The highest BCUT2D eigenvalue weighted by Crippen LogP contribution is 2.46. The monoisotopic (exact) mass is 383 g/mol. The van der Waals surface area contributed by atoms with Crippen LogP contribution >= 0.6 is 0 Å². The number of hydrogen-bond acceptors (Lipinski definition) is 5. The molecule has 27 heavy (non-hydrogen) atoms. The van der Waals surface area contributed by atoms with Crippen LogP contribution in [0.4, 0.5) is 0 Å². The van der Waals surface area contributed by atoms with Crippen LogP contribution in [0.15, 0.2) is 0 Å². The van der Waals surface area contributed by atoms with Crippen molar-refractivity contribution < 1.29 is 24.5 Å². The lowest BCUT2D eigenvalue weighted by atomic mass is 9.70. The number of aliphatic hydroxyl groups is 1. The van der Waals surface area contributed by atoms with Crippen molar-refractivity contribution in [3.05, 3.63) is 0 Å². The van der Waals surface area contributed by atoms with Crippen LogP contribution in [-0.4, -0.2) is 45.9 Å². The van der Waals surface area contributed by atoms with E-state index in [-0.39, 0.29) is 17.6 Å². The van der Waals surface area contributed by atoms with Gasteiger partial charge in [-0.2, -0.15) is 0 Å². The number of rotatable bonds is 10. The minimum atomic E-state index is -1.00. The second-order valence-electron chi connectivity index (χ2n) is 9.40. The molecule has 3 N–H and O–H groups in total. The Balaban J connectivity index is 2.16. The second-order valence-corrected chi connectivity index (χ2v) is 9.40. The fourth-order valence-electron chi connectivity index (χ4n) is 5.25. The Kier molecular flexibility index (Phi) is 6.63. The van der Waals surface area contributed by atoms with E-state index in [9.17, 15) is 19.8 Å². The number of unbranched alkanes of at least 4 members (excludes halogenated alkanes) is 1. The molecule has 1 aliphatic heterocycles. The Morgan fingerprint density at radius 3 is 2.41 bits per heavy atom. The van der Waals surface area contributed by atoms with E-state index in [0.29, 0.717) is 25.7 Å². The lowest BCUT2D eigenvalue weighted by Crippen LogP contribution is -2.51. The topological polar surface area (TPSA) is 95.9 Å². The van der Waals surface area contributed by atoms with Gasteiger partial charge in [-0.25, -0.2) is 0 Å². The number of carboxylic acids is 1. The number of carbonyl (C=O) groups excluding carboxylic acids is 1. The first-order valence-corrected chi connectivity index (χ1v) is 10.4. The van der Waals surface area contributed by atoms with Crippen molar-refractivity contribution in [1.29, 1.82) is 0 Å². The molecule has 1 saturated carbocycles. The Morgan fingerprint density at radius 1 is 1.30 bits per heavy atom. The summed E-state index contributed by atoms with van der Waals surface area (Å²) in [6.07, 6.45) is 4.57. The Morgan fingerprint density at radius 2 is 1.96 bits per heavy atom. The summed E-state index contributed by atoms with van der Waals surface area (Å²) in [5.74, 6) is -1.87. The third kappa shape index (κ3) is 4.48. The van der Waals surface area contributed by atoms with E-state index < -0.39 is 28.9 Å². The molecule has 1 aliphatic carbocycles. The standard InChI is InChI=1S/C21H37NO5/c1-6-8-9-21(7-2,14(3)17(24)25)18(26)27-19(4,5)13-20-10-15(12-22-20)16(23)11-20/h14-16,22-23H,6-13H2,1-5H3,(H,24,25). The Hall–Kier alpha value is -1.14. The molecule has 1 heterocycles. The van der Waals surface area contributed by atoms with Crippen LogP contribution in [0.25, 0.3) is 0 Å². The molecule has 0 spiro atoms. The van der Waals surface area contributed by atoms with Gasteiger partial charge in [-0.05, 0) is 45.4 Å². The lowest BCUT2D eigenvalue weighted by molar-refractivity contribution is -0.180. The van der Waals surface area contributed by atoms with E-state index in [1.165, 1.54) is 0 Å². The Labute approximate surface area is 163 Å². The number of carbonyl (C=O) groups is 2. The molecule has 6 nitrogen and oxygen atoms in total. The SMILES string of the molecule is CCCCC(CC)(C(=O)OC(C)(C)CC12CC(O)C(CN1)C2)C(C)C(=O)O. The molecule has 156 valence electrons. The van der Waals surface area contributed by atoms with Crippen LogP contribution in [0.5, 0.6) is 0 Å². The van der Waals surface area contributed by atoms with Gasteiger partial charge >= 0.3 is 11.9 Å². The van der Waals surface area contributed by atoms with Crippen molar-refractivity contribution in [1.82, 2.24) is 5.32 Å². The summed E-state index contributed by atoms with van der Waals surface area (Å²) >= 11 is 0. The molecule has 0 aromatic heterocycles. The highest BCUT2D eigenvalue weighted by Gasteiger charge is 2.54. The number of piperidine rings is 1. The first kappa shape index (κ1) is 22.2. The highest BCUT2D eigenvalue weighted by molar-refractivity contribution is 5.84. The molecule has 0 aromatic rings. The van der Waals surface area contributed by atoms with Crippen LogP contribution in [0, 0.1) is 17.3 Å². The van der Waals surface area contributed by atoms with Gasteiger partial charge < -0.3 is 20.3 Å². The van der Waals surface area contributed by atoms with E-state index in [2.05, 4.69) is 5.32 Å².